The zero-order valence-electron chi connectivity index (χ0n) is 22.8. The highest BCUT2D eigenvalue weighted by atomic mass is 35.5. The van der Waals surface area contributed by atoms with Gasteiger partial charge in [-0.2, -0.15) is 0 Å². The molecule has 2 atom stereocenters. The van der Waals surface area contributed by atoms with Crippen LogP contribution in [0, 0.1) is 0 Å². The van der Waals surface area contributed by atoms with Gasteiger partial charge in [-0.25, -0.2) is 8.42 Å². The number of aryl methyl sites for hydroxylation is 1. The average Bonchev–Trinajstić information content (AvgIpc) is 2.94. The molecule has 1 N–H and O–H groups in total. The Kier molecular flexibility index (Phi) is 10.5. The topological polar surface area (TPSA) is 86.8 Å². The molecule has 7 nitrogen and oxygen atoms in total. The number of carbonyl (C=O) groups is 2. The molecule has 3 rings (SSSR count). The van der Waals surface area contributed by atoms with E-state index in [2.05, 4.69) is 5.32 Å². The van der Waals surface area contributed by atoms with E-state index >= 15 is 0 Å². The predicted octanol–water partition coefficient (Wildman–Crippen LogP) is 5.43. The summed E-state index contributed by atoms with van der Waals surface area (Å²) in [5.74, 6) is -0.828. The van der Waals surface area contributed by atoms with Gasteiger partial charge in [0.05, 0.1) is 10.6 Å². The number of benzene rings is 3. The predicted molar refractivity (Wildman–Crippen MR) is 156 cm³/mol. The van der Waals surface area contributed by atoms with Gasteiger partial charge in [0, 0.05) is 17.6 Å². The van der Waals surface area contributed by atoms with Gasteiger partial charge in [0.2, 0.25) is 11.8 Å². The van der Waals surface area contributed by atoms with Gasteiger partial charge in [-0.1, -0.05) is 67.9 Å². The second kappa shape index (κ2) is 13.6. The number of nitrogens with zero attached hydrogens (tertiary/aromatic N) is 2. The first-order valence-corrected chi connectivity index (χ1v) is 14.9. The molecule has 0 saturated carbocycles. The lowest BCUT2D eigenvalue weighted by Crippen LogP contribution is -2.52. The standard InChI is InChI=1S/C30H36ClN3O4S/c1-5-22(3)32-30(36)23(4)33(20-25-11-10-12-26(31)19-25)29(35)21-34(27-17-15-24(6-2)16-18-27)39(37,38)28-13-8-7-9-14-28/h7-19,22-23H,5-6,20-21H2,1-4H3,(H,32,36)/t22-,23-/m0/s1. The molecule has 3 aromatic carbocycles. The Balaban J connectivity index is 2.02. The van der Waals surface area contributed by atoms with Crippen molar-refractivity contribution in [2.45, 2.75) is 64.1 Å². The molecule has 2 amide bonds. The van der Waals surface area contributed by atoms with Crippen molar-refractivity contribution in [3.8, 4) is 0 Å². The molecule has 0 fully saturated rings. The van der Waals surface area contributed by atoms with Crippen molar-refractivity contribution in [3.05, 3.63) is 95.0 Å². The van der Waals surface area contributed by atoms with Crippen molar-refractivity contribution in [1.29, 1.82) is 0 Å². The van der Waals surface area contributed by atoms with Crippen LogP contribution in [0.1, 0.15) is 45.2 Å². The normalized spacial score (nSPS) is 12.8. The minimum absolute atomic E-state index is 0.0707. The van der Waals surface area contributed by atoms with Gasteiger partial charge < -0.3 is 10.2 Å². The number of carbonyl (C=O) groups excluding carboxylic acids is 2. The monoisotopic (exact) mass is 569 g/mol. The van der Waals surface area contributed by atoms with Gasteiger partial charge in [0.25, 0.3) is 10.0 Å². The molecule has 0 radical (unpaired) electrons. The minimum Gasteiger partial charge on any atom is -0.352 e. The van der Waals surface area contributed by atoms with E-state index in [0.717, 1.165) is 28.3 Å². The molecule has 208 valence electrons. The molecule has 0 spiro atoms. The quantitative estimate of drug-likeness (QED) is 0.315. The van der Waals surface area contributed by atoms with Crippen molar-refractivity contribution in [3.63, 3.8) is 0 Å². The van der Waals surface area contributed by atoms with Crippen LogP contribution >= 0.6 is 11.6 Å². The summed E-state index contributed by atoms with van der Waals surface area (Å²) in [4.78, 5) is 28.5. The number of anilines is 1. The van der Waals surface area contributed by atoms with E-state index in [1.165, 1.54) is 17.0 Å². The maximum atomic E-state index is 13.9. The van der Waals surface area contributed by atoms with Crippen LogP contribution in [0.4, 0.5) is 5.69 Å². The van der Waals surface area contributed by atoms with E-state index in [4.69, 9.17) is 11.6 Å². The third-order valence-corrected chi connectivity index (χ3v) is 8.68. The summed E-state index contributed by atoms with van der Waals surface area (Å²) in [5, 5.41) is 3.43. The summed E-state index contributed by atoms with van der Waals surface area (Å²) in [6.07, 6.45) is 1.53. The third kappa shape index (κ3) is 7.83. The SMILES string of the molecule is CCc1ccc(N(CC(=O)N(Cc2cccc(Cl)c2)[C@@H](C)C(=O)N[C@@H](C)CC)S(=O)(=O)c2ccccc2)cc1. The first-order chi connectivity index (χ1) is 18.6. The van der Waals surface area contributed by atoms with Gasteiger partial charge in [-0.15, -0.1) is 0 Å². The number of hydrogen-bond acceptors (Lipinski definition) is 4. The lowest BCUT2D eigenvalue weighted by atomic mass is 10.1. The Morgan fingerprint density at radius 3 is 2.15 bits per heavy atom. The first-order valence-electron chi connectivity index (χ1n) is 13.1. The molecular weight excluding hydrogens is 534 g/mol. The number of hydrogen-bond donors (Lipinski definition) is 1. The van der Waals surface area contributed by atoms with Gasteiger partial charge in [-0.05, 0) is 74.2 Å². The van der Waals surface area contributed by atoms with Crippen molar-refractivity contribution in [1.82, 2.24) is 10.2 Å². The molecule has 39 heavy (non-hydrogen) atoms. The summed E-state index contributed by atoms with van der Waals surface area (Å²) >= 11 is 6.18. The van der Waals surface area contributed by atoms with Crippen LogP contribution < -0.4 is 9.62 Å². The van der Waals surface area contributed by atoms with Crippen LogP contribution in [0.15, 0.2) is 83.8 Å². The highest BCUT2D eigenvalue weighted by Gasteiger charge is 2.32. The Morgan fingerprint density at radius 2 is 1.56 bits per heavy atom. The molecular formula is C30H36ClN3O4S. The second-order valence-corrected chi connectivity index (χ2v) is 11.8. The maximum absolute atomic E-state index is 13.9. The van der Waals surface area contributed by atoms with Crippen molar-refractivity contribution >= 4 is 39.1 Å². The van der Waals surface area contributed by atoms with Crippen molar-refractivity contribution in [2.75, 3.05) is 10.8 Å². The largest absolute Gasteiger partial charge is 0.352 e. The van der Waals surface area contributed by atoms with Crippen LogP contribution in [0.5, 0.6) is 0 Å². The molecule has 0 unspecified atom stereocenters. The second-order valence-electron chi connectivity index (χ2n) is 9.49. The molecule has 0 aliphatic rings. The van der Waals surface area contributed by atoms with Crippen molar-refractivity contribution < 1.29 is 18.0 Å². The fraction of sp³-hybridized carbons (Fsp3) is 0.333. The summed E-state index contributed by atoms with van der Waals surface area (Å²) in [7, 11) is -4.09. The van der Waals surface area contributed by atoms with E-state index in [9.17, 15) is 18.0 Å². The summed E-state index contributed by atoms with van der Waals surface area (Å²) in [5.41, 5.74) is 2.13. The molecule has 0 aliphatic carbocycles. The van der Waals surface area contributed by atoms with E-state index in [0.29, 0.717) is 10.7 Å². The van der Waals surface area contributed by atoms with Crippen molar-refractivity contribution in [2.24, 2.45) is 0 Å². The van der Waals surface area contributed by atoms with E-state index < -0.39 is 28.5 Å². The molecule has 9 heteroatoms. The van der Waals surface area contributed by atoms with Gasteiger partial charge in [0.15, 0.2) is 0 Å². The highest BCUT2D eigenvalue weighted by molar-refractivity contribution is 7.92. The Labute approximate surface area is 236 Å². The minimum atomic E-state index is -4.09. The fourth-order valence-electron chi connectivity index (χ4n) is 4.03. The lowest BCUT2D eigenvalue weighted by molar-refractivity contribution is -0.139. The van der Waals surface area contributed by atoms with Crippen LogP contribution in [-0.2, 0) is 32.6 Å². The van der Waals surface area contributed by atoms with Gasteiger partial charge >= 0.3 is 0 Å². The zero-order valence-corrected chi connectivity index (χ0v) is 24.4. The Bertz CT molecular complexity index is 1360. The summed E-state index contributed by atoms with van der Waals surface area (Å²) in [6.45, 7) is 7.11. The number of nitrogens with one attached hydrogen (secondary N) is 1. The fourth-order valence-corrected chi connectivity index (χ4v) is 5.67. The van der Waals surface area contributed by atoms with Gasteiger partial charge in [-0.3, -0.25) is 13.9 Å². The maximum Gasteiger partial charge on any atom is 0.264 e. The zero-order chi connectivity index (χ0) is 28.6. The molecule has 3 aromatic rings. The molecule has 0 aromatic heterocycles. The number of halogens is 1. The molecule has 0 saturated heterocycles. The Hall–Kier alpha value is -3.36. The Morgan fingerprint density at radius 1 is 0.897 bits per heavy atom. The summed E-state index contributed by atoms with van der Waals surface area (Å²) in [6, 6.07) is 21.2. The van der Waals surface area contributed by atoms with Crippen LogP contribution in [-0.4, -0.2) is 43.8 Å². The van der Waals surface area contributed by atoms with E-state index in [-0.39, 0.29) is 23.4 Å². The van der Waals surface area contributed by atoms with Crippen LogP contribution in [0.25, 0.3) is 0 Å². The average molecular weight is 570 g/mol. The van der Waals surface area contributed by atoms with Crippen LogP contribution in [0.2, 0.25) is 5.02 Å². The van der Waals surface area contributed by atoms with Crippen LogP contribution in [0.3, 0.4) is 0 Å². The number of sulfonamides is 1. The van der Waals surface area contributed by atoms with E-state index in [1.54, 1.807) is 55.5 Å². The smallest absolute Gasteiger partial charge is 0.264 e. The highest BCUT2D eigenvalue weighted by Crippen LogP contribution is 2.25. The number of amides is 2. The molecule has 0 bridgehead atoms. The van der Waals surface area contributed by atoms with E-state index in [1.807, 2.05) is 39.0 Å². The third-order valence-electron chi connectivity index (χ3n) is 6.65. The molecule has 0 aliphatic heterocycles. The van der Waals surface area contributed by atoms with Gasteiger partial charge in [0.1, 0.15) is 12.6 Å². The summed E-state index contributed by atoms with van der Waals surface area (Å²) < 4.78 is 28.7. The first kappa shape index (κ1) is 30.2. The lowest BCUT2D eigenvalue weighted by Gasteiger charge is -2.32. The molecule has 0 heterocycles. The number of rotatable bonds is 12.